The van der Waals surface area contributed by atoms with Crippen molar-refractivity contribution in [3.63, 3.8) is 0 Å². The first-order chi connectivity index (χ1) is 23.9. The molecule has 4 amide bonds. The molecule has 15 heteroatoms. The van der Waals surface area contributed by atoms with Crippen LogP contribution in [0.5, 0.6) is 0 Å². The van der Waals surface area contributed by atoms with Gasteiger partial charge in [-0.3, -0.25) is 24.0 Å². The monoisotopic (exact) mass is 690 g/mol. The molecular weight excluding hydrogens is 644 g/mol. The van der Waals surface area contributed by atoms with Crippen LogP contribution in [0.25, 0.3) is 10.9 Å². The molecular formula is C35H46N8O7. The summed E-state index contributed by atoms with van der Waals surface area (Å²) in [6.45, 7) is 3.47. The highest BCUT2D eigenvalue weighted by Crippen LogP contribution is 2.34. The molecule has 268 valence electrons. The lowest BCUT2D eigenvalue weighted by atomic mass is 9.84. The summed E-state index contributed by atoms with van der Waals surface area (Å²) in [6, 6.07) is 6.60. The number of H-pyrrole nitrogens is 1. The third-order valence-electron chi connectivity index (χ3n) is 10.5. The number of rotatable bonds is 11. The SMILES string of the molecule is CC(C)(O)c1cnnn1[C@H]1C[C@@H](C(=O)NC2(C(=O)C(N)=O)CCOCC2)N(C(=O)C(CC2CCCCC2)NC(=O)c2cc3ccccc3[nH]2)C1. The number of amides is 4. The Balaban J connectivity index is 1.33. The van der Waals surface area contributed by atoms with Crippen LogP contribution in [0, 0.1) is 5.92 Å². The second-order valence-corrected chi connectivity index (χ2v) is 14.4. The summed E-state index contributed by atoms with van der Waals surface area (Å²) >= 11 is 0. The maximum absolute atomic E-state index is 14.7. The number of primary amides is 1. The normalized spacial score (nSPS) is 21.9. The van der Waals surface area contributed by atoms with Crippen LogP contribution in [0.15, 0.2) is 36.5 Å². The number of nitrogens with zero attached hydrogens (tertiary/aromatic N) is 4. The first-order valence-corrected chi connectivity index (χ1v) is 17.4. The van der Waals surface area contributed by atoms with E-state index in [0.717, 1.165) is 43.0 Å². The first-order valence-electron chi connectivity index (χ1n) is 17.4. The molecule has 2 saturated heterocycles. The van der Waals surface area contributed by atoms with Crippen LogP contribution in [0.4, 0.5) is 0 Å². The highest BCUT2D eigenvalue weighted by molar-refractivity contribution is 6.39. The molecule has 2 aliphatic heterocycles. The summed E-state index contributed by atoms with van der Waals surface area (Å²) in [5.74, 6) is -3.43. The zero-order chi connectivity index (χ0) is 35.6. The summed E-state index contributed by atoms with van der Waals surface area (Å²) in [5.41, 5.74) is 4.01. The van der Waals surface area contributed by atoms with Gasteiger partial charge in [0, 0.05) is 49.9 Å². The number of nitrogens with two attached hydrogens (primary N) is 1. The minimum absolute atomic E-state index is 0.0205. The molecule has 3 fully saturated rings. The Morgan fingerprint density at radius 1 is 1.12 bits per heavy atom. The number of nitrogens with one attached hydrogen (secondary N) is 3. The van der Waals surface area contributed by atoms with Gasteiger partial charge >= 0.3 is 0 Å². The molecule has 0 spiro atoms. The van der Waals surface area contributed by atoms with E-state index in [1.807, 2.05) is 24.3 Å². The van der Waals surface area contributed by atoms with E-state index in [2.05, 4.69) is 25.9 Å². The van der Waals surface area contributed by atoms with Gasteiger partial charge in [0.05, 0.1) is 17.9 Å². The van der Waals surface area contributed by atoms with Gasteiger partial charge in [-0.1, -0.05) is 55.5 Å². The van der Waals surface area contributed by atoms with Crippen molar-refractivity contribution in [2.24, 2.45) is 11.7 Å². The summed E-state index contributed by atoms with van der Waals surface area (Å²) < 4.78 is 6.94. The van der Waals surface area contributed by atoms with E-state index in [1.165, 1.54) is 15.8 Å². The third kappa shape index (κ3) is 7.29. The van der Waals surface area contributed by atoms with Crippen LogP contribution in [0.3, 0.4) is 0 Å². The Morgan fingerprint density at radius 3 is 2.52 bits per heavy atom. The number of aliphatic hydroxyl groups is 1. The van der Waals surface area contributed by atoms with Crippen molar-refractivity contribution >= 4 is 40.3 Å². The zero-order valence-corrected chi connectivity index (χ0v) is 28.5. The van der Waals surface area contributed by atoms with Crippen LogP contribution < -0.4 is 16.4 Å². The number of hydrogen-bond acceptors (Lipinski definition) is 9. The number of Topliss-reactive ketones (excluding diaryl/α,β-unsaturated/α-hetero) is 1. The number of hydrogen-bond donors (Lipinski definition) is 5. The first kappa shape index (κ1) is 35.2. The highest BCUT2D eigenvalue weighted by atomic mass is 16.5. The van der Waals surface area contributed by atoms with Crippen molar-refractivity contribution in [2.75, 3.05) is 19.8 Å². The summed E-state index contributed by atoms with van der Waals surface area (Å²) in [7, 11) is 0. The smallest absolute Gasteiger partial charge is 0.287 e. The average Bonchev–Trinajstić information content (AvgIpc) is 3.86. The van der Waals surface area contributed by atoms with Crippen LogP contribution in [-0.4, -0.2) is 96.8 Å². The molecule has 3 atom stereocenters. The number of benzene rings is 1. The largest absolute Gasteiger partial charge is 0.384 e. The highest BCUT2D eigenvalue weighted by Gasteiger charge is 2.49. The fourth-order valence-corrected chi connectivity index (χ4v) is 7.73. The van der Waals surface area contributed by atoms with Gasteiger partial charge in [-0.15, -0.1) is 5.10 Å². The summed E-state index contributed by atoms with van der Waals surface area (Å²) in [4.78, 5) is 72.5. The Morgan fingerprint density at radius 2 is 1.84 bits per heavy atom. The van der Waals surface area contributed by atoms with Crippen molar-refractivity contribution in [2.45, 2.75) is 101 Å². The Labute approximate surface area is 289 Å². The molecule has 4 heterocycles. The number of likely N-dealkylation sites (tertiary alicyclic amines) is 1. The number of aromatic nitrogens is 4. The zero-order valence-electron chi connectivity index (χ0n) is 28.5. The summed E-state index contributed by atoms with van der Waals surface area (Å²) in [6.07, 6.45) is 7.02. The molecule has 1 unspecified atom stereocenters. The van der Waals surface area contributed by atoms with E-state index in [1.54, 1.807) is 19.9 Å². The predicted octanol–water partition coefficient (Wildman–Crippen LogP) is 1.62. The van der Waals surface area contributed by atoms with Crippen molar-refractivity contribution in [3.8, 4) is 0 Å². The number of para-hydroxylation sites is 1. The maximum atomic E-state index is 14.7. The maximum Gasteiger partial charge on any atom is 0.287 e. The Kier molecular flexibility index (Phi) is 10.1. The Bertz CT molecular complexity index is 1720. The van der Waals surface area contributed by atoms with Crippen LogP contribution in [0.1, 0.15) is 93.9 Å². The fourth-order valence-electron chi connectivity index (χ4n) is 7.73. The molecule has 0 radical (unpaired) electrons. The molecule has 6 rings (SSSR count). The molecule has 1 aromatic carbocycles. The second-order valence-electron chi connectivity index (χ2n) is 14.4. The topological polar surface area (TPSA) is 215 Å². The van der Waals surface area contributed by atoms with Crippen molar-refractivity contribution in [1.29, 1.82) is 0 Å². The predicted molar refractivity (Wildman–Crippen MR) is 180 cm³/mol. The number of aromatic amines is 1. The lowest BCUT2D eigenvalue weighted by molar-refractivity contribution is -0.147. The molecule has 0 bridgehead atoms. The van der Waals surface area contributed by atoms with Crippen molar-refractivity contribution in [1.82, 2.24) is 35.5 Å². The van der Waals surface area contributed by atoms with Gasteiger partial charge in [-0.05, 0) is 38.3 Å². The quantitative estimate of drug-likeness (QED) is 0.185. The number of carbonyl (C=O) groups is 5. The lowest BCUT2D eigenvalue weighted by Crippen LogP contribution is -2.64. The molecule has 6 N–H and O–H groups in total. The molecule has 3 aromatic rings. The number of ether oxygens (including phenoxy) is 1. The van der Waals surface area contributed by atoms with E-state index in [4.69, 9.17) is 10.5 Å². The van der Waals surface area contributed by atoms with Crippen molar-refractivity contribution < 1.29 is 33.8 Å². The molecule has 2 aromatic heterocycles. The molecule has 50 heavy (non-hydrogen) atoms. The van der Waals surface area contributed by atoms with E-state index in [-0.39, 0.29) is 44.9 Å². The van der Waals surface area contributed by atoms with E-state index < -0.39 is 58.7 Å². The van der Waals surface area contributed by atoms with Gasteiger partial charge < -0.3 is 36.1 Å². The standard InChI is InChI=1S/C35H46N8O7/c1-34(2,49)28-19-37-41-43(28)23-18-27(32(47)40-35(29(44)30(36)45)12-14-50-15-13-35)42(20-23)33(48)26(16-21-8-4-3-5-9-21)39-31(46)25-17-22-10-6-7-11-24(22)38-25/h6-7,10-11,17,19,21,23,26-27,38,49H,3-5,8-9,12-16,18,20H2,1-2H3,(H2,36,45)(H,39,46)(H,40,47)/t23-,26?,27-/m0/s1. The van der Waals surface area contributed by atoms with Crippen LogP contribution >= 0.6 is 0 Å². The lowest BCUT2D eigenvalue weighted by Gasteiger charge is -2.37. The molecule has 3 aliphatic rings. The van der Waals surface area contributed by atoms with Gasteiger partial charge in [-0.2, -0.15) is 0 Å². The second kappa shape index (κ2) is 14.3. The molecule has 1 aliphatic carbocycles. The molecule has 1 saturated carbocycles. The van der Waals surface area contributed by atoms with Gasteiger partial charge in [0.1, 0.15) is 28.9 Å². The van der Waals surface area contributed by atoms with Gasteiger partial charge in [0.15, 0.2) is 0 Å². The minimum Gasteiger partial charge on any atom is -0.384 e. The van der Waals surface area contributed by atoms with E-state index in [9.17, 15) is 29.1 Å². The number of ketones is 1. The van der Waals surface area contributed by atoms with Crippen LogP contribution in [0.2, 0.25) is 0 Å². The minimum atomic E-state index is -1.58. The average molecular weight is 691 g/mol. The van der Waals surface area contributed by atoms with Gasteiger partial charge in [0.2, 0.25) is 17.6 Å². The van der Waals surface area contributed by atoms with E-state index in [0.29, 0.717) is 17.8 Å². The van der Waals surface area contributed by atoms with Gasteiger partial charge in [-0.25, -0.2) is 4.68 Å². The number of fused-ring (bicyclic) bond motifs is 1. The van der Waals surface area contributed by atoms with Crippen LogP contribution in [-0.2, 0) is 29.5 Å². The fraction of sp³-hybridized carbons (Fsp3) is 0.571. The molecule has 15 nitrogen and oxygen atoms in total. The number of carbonyl (C=O) groups excluding carboxylic acids is 5. The third-order valence-corrected chi connectivity index (χ3v) is 10.5. The Hall–Kier alpha value is -4.63. The van der Waals surface area contributed by atoms with Gasteiger partial charge in [0.25, 0.3) is 11.8 Å². The van der Waals surface area contributed by atoms with E-state index >= 15 is 0 Å². The van der Waals surface area contributed by atoms with Crippen molar-refractivity contribution in [3.05, 3.63) is 47.9 Å². The summed E-state index contributed by atoms with van der Waals surface area (Å²) in [5, 5.41) is 25.7.